The molecule has 1 N–H and O–H groups in total. The number of piperidine rings is 1. The number of nitrogens with zero attached hydrogens (tertiary/aromatic N) is 2. The molecule has 1 aromatic heterocycles. The molecule has 3 rings (SSSR count). The minimum atomic E-state index is 0.281. The summed E-state index contributed by atoms with van der Waals surface area (Å²) in [7, 11) is 2.08. The molecule has 0 bridgehead atoms. The van der Waals surface area contributed by atoms with E-state index in [2.05, 4.69) is 28.7 Å². The van der Waals surface area contributed by atoms with Gasteiger partial charge in [-0.15, -0.1) is 11.3 Å². The third-order valence-corrected chi connectivity index (χ3v) is 5.62. The Balaban J connectivity index is 1.47. The minimum absolute atomic E-state index is 0.281. The third-order valence-electron chi connectivity index (χ3n) is 4.59. The molecule has 116 valence electrons. The van der Waals surface area contributed by atoms with Crippen molar-refractivity contribution in [2.45, 2.75) is 25.8 Å². The number of carbonyl (C=O) groups is 1. The topological polar surface area (TPSA) is 35.6 Å². The van der Waals surface area contributed by atoms with Crippen LogP contribution in [0.3, 0.4) is 0 Å². The van der Waals surface area contributed by atoms with Crippen LogP contribution < -0.4 is 5.32 Å². The Morgan fingerprint density at radius 1 is 1.48 bits per heavy atom. The van der Waals surface area contributed by atoms with E-state index in [4.69, 9.17) is 0 Å². The van der Waals surface area contributed by atoms with Crippen molar-refractivity contribution in [3.8, 4) is 0 Å². The van der Waals surface area contributed by atoms with Crippen molar-refractivity contribution in [3.05, 3.63) is 21.9 Å². The fourth-order valence-corrected chi connectivity index (χ4v) is 4.25. The van der Waals surface area contributed by atoms with Crippen molar-refractivity contribution in [1.82, 2.24) is 15.1 Å². The van der Waals surface area contributed by atoms with Gasteiger partial charge in [0, 0.05) is 24.5 Å². The number of carbonyl (C=O) groups excluding carboxylic acids is 1. The van der Waals surface area contributed by atoms with Crippen LogP contribution in [-0.2, 0) is 17.8 Å². The Labute approximate surface area is 131 Å². The summed E-state index contributed by atoms with van der Waals surface area (Å²) < 4.78 is 0. The summed E-state index contributed by atoms with van der Waals surface area (Å²) >= 11 is 1.82. The van der Waals surface area contributed by atoms with E-state index in [1.54, 1.807) is 0 Å². The quantitative estimate of drug-likeness (QED) is 0.917. The first-order chi connectivity index (χ1) is 10.2. The first-order valence-electron chi connectivity index (χ1n) is 7.94. The molecule has 0 unspecified atom stereocenters. The maximum absolute atomic E-state index is 12.5. The van der Waals surface area contributed by atoms with E-state index in [0.29, 0.717) is 6.54 Å². The van der Waals surface area contributed by atoms with E-state index in [-0.39, 0.29) is 5.91 Å². The van der Waals surface area contributed by atoms with Gasteiger partial charge in [-0.25, -0.2) is 0 Å². The average Bonchev–Trinajstić information content (AvgIpc) is 2.95. The summed E-state index contributed by atoms with van der Waals surface area (Å²) in [5.41, 5.74) is 1.35. The van der Waals surface area contributed by atoms with Crippen molar-refractivity contribution >= 4 is 17.2 Å². The molecule has 2 aliphatic heterocycles. The van der Waals surface area contributed by atoms with E-state index >= 15 is 0 Å². The van der Waals surface area contributed by atoms with E-state index < -0.39 is 0 Å². The summed E-state index contributed by atoms with van der Waals surface area (Å²) in [6, 6.07) is 2.16. The lowest BCUT2D eigenvalue weighted by molar-refractivity contribution is -0.133. The van der Waals surface area contributed by atoms with Gasteiger partial charge in [0.05, 0.1) is 6.54 Å². The van der Waals surface area contributed by atoms with Gasteiger partial charge in [-0.05, 0) is 62.3 Å². The molecule has 3 heterocycles. The monoisotopic (exact) mass is 307 g/mol. The van der Waals surface area contributed by atoms with Crippen LogP contribution in [0.1, 0.15) is 23.3 Å². The zero-order chi connectivity index (χ0) is 14.7. The highest BCUT2D eigenvalue weighted by Crippen LogP contribution is 2.24. The zero-order valence-electron chi connectivity index (χ0n) is 12.8. The highest BCUT2D eigenvalue weighted by molar-refractivity contribution is 7.10. The van der Waals surface area contributed by atoms with Crippen molar-refractivity contribution in [1.29, 1.82) is 0 Å². The molecule has 1 aromatic rings. The van der Waals surface area contributed by atoms with Gasteiger partial charge in [0.2, 0.25) is 5.91 Å². The fourth-order valence-electron chi connectivity index (χ4n) is 3.36. The van der Waals surface area contributed by atoms with Crippen LogP contribution in [0.15, 0.2) is 11.4 Å². The average molecular weight is 307 g/mol. The zero-order valence-corrected chi connectivity index (χ0v) is 13.6. The molecule has 21 heavy (non-hydrogen) atoms. The van der Waals surface area contributed by atoms with E-state index in [9.17, 15) is 4.79 Å². The molecule has 0 atom stereocenters. The van der Waals surface area contributed by atoms with Gasteiger partial charge < -0.3 is 10.2 Å². The Kier molecular flexibility index (Phi) is 4.93. The smallest absolute Gasteiger partial charge is 0.237 e. The van der Waals surface area contributed by atoms with E-state index in [0.717, 1.165) is 45.1 Å². The van der Waals surface area contributed by atoms with E-state index in [1.807, 2.05) is 16.2 Å². The number of nitrogens with one attached hydrogen (secondary N) is 1. The van der Waals surface area contributed by atoms with Gasteiger partial charge in [0.1, 0.15) is 0 Å². The maximum Gasteiger partial charge on any atom is 0.237 e. The molecule has 4 nitrogen and oxygen atoms in total. The van der Waals surface area contributed by atoms with Gasteiger partial charge in [-0.1, -0.05) is 0 Å². The molecule has 0 radical (unpaired) electrons. The lowest BCUT2D eigenvalue weighted by Crippen LogP contribution is -2.43. The normalized spacial score (nSPS) is 19.8. The number of fused-ring (bicyclic) bond motifs is 1. The third kappa shape index (κ3) is 3.84. The van der Waals surface area contributed by atoms with Gasteiger partial charge in [0.25, 0.3) is 0 Å². The number of amides is 1. The number of thiophene rings is 1. The molecular weight excluding hydrogens is 282 g/mol. The van der Waals surface area contributed by atoms with Crippen molar-refractivity contribution in [2.75, 3.05) is 39.8 Å². The van der Waals surface area contributed by atoms with Gasteiger partial charge in [-0.2, -0.15) is 0 Å². The van der Waals surface area contributed by atoms with Crippen LogP contribution >= 0.6 is 11.3 Å². The summed E-state index contributed by atoms with van der Waals surface area (Å²) in [5, 5.41) is 5.54. The molecular formula is C16H25N3OS. The second-order valence-electron chi connectivity index (χ2n) is 6.32. The number of likely N-dealkylation sites (N-methyl/N-ethyl adjacent to an activating group) is 1. The Morgan fingerprint density at radius 2 is 2.29 bits per heavy atom. The van der Waals surface area contributed by atoms with Gasteiger partial charge >= 0.3 is 0 Å². The maximum atomic E-state index is 12.5. The standard InChI is InChI=1S/C16H25N3OS/c1-18(10-13-2-6-17-7-3-13)12-16(20)19-8-4-15-14(11-19)5-9-21-15/h5,9,13,17H,2-4,6-8,10-12H2,1H3. The number of rotatable bonds is 4. The van der Waals surface area contributed by atoms with Crippen molar-refractivity contribution in [2.24, 2.45) is 5.92 Å². The SMILES string of the molecule is CN(CC(=O)N1CCc2sccc2C1)CC1CCNCC1. The second-order valence-corrected chi connectivity index (χ2v) is 7.33. The molecule has 2 aliphatic rings. The lowest BCUT2D eigenvalue weighted by Gasteiger charge is -2.31. The summed E-state index contributed by atoms with van der Waals surface area (Å²) in [4.78, 5) is 18.1. The van der Waals surface area contributed by atoms with Crippen LogP contribution in [0.2, 0.25) is 0 Å². The molecule has 0 aliphatic carbocycles. The molecule has 1 fully saturated rings. The Morgan fingerprint density at radius 3 is 3.10 bits per heavy atom. The number of hydrogen-bond donors (Lipinski definition) is 1. The predicted molar refractivity (Wildman–Crippen MR) is 86.5 cm³/mol. The highest BCUT2D eigenvalue weighted by Gasteiger charge is 2.23. The molecule has 1 amide bonds. The number of hydrogen-bond acceptors (Lipinski definition) is 4. The minimum Gasteiger partial charge on any atom is -0.337 e. The van der Waals surface area contributed by atoms with Crippen LogP contribution in [0.4, 0.5) is 0 Å². The first-order valence-corrected chi connectivity index (χ1v) is 8.82. The predicted octanol–water partition coefficient (Wildman–Crippen LogP) is 1.56. The van der Waals surface area contributed by atoms with Crippen LogP contribution in [0.25, 0.3) is 0 Å². The van der Waals surface area contributed by atoms with E-state index in [1.165, 1.54) is 23.3 Å². The molecule has 0 saturated carbocycles. The van der Waals surface area contributed by atoms with Crippen molar-refractivity contribution in [3.63, 3.8) is 0 Å². The summed E-state index contributed by atoms with van der Waals surface area (Å²) in [5.74, 6) is 1.03. The lowest BCUT2D eigenvalue weighted by atomic mass is 9.98. The van der Waals surface area contributed by atoms with Crippen LogP contribution in [-0.4, -0.2) is 55.5 Å². The van der Waals surface area contributed by atoms with Crippen molar-refractivity contribution < 1.29 is 4.79 Å². The summed E-state index contributed by atoms with van der Waals surface area (Å²) in [6.07, 6.45) is 3.50. The Hall–Kier alpha value is -0.910. The Bertz CT molecular complexity index is 482. The molecule has 0 spiro atoms. The second kappa shape index (κ2) is 6.90. The molecule has 0 aromatic carbocycles. The highest BCUT2D eigenvalue weighted by atomic mass is 32.1. The van der Waals surface area contributed by atoms with Crippen LogP contribution in [0.5, 0.6) is 0 Å². The molecule has 5 heteroatoms. The largest absolute Gasteiger partial charge is 0.337 e. The first kappa shape index (κ1) is 15.0. The van der Waals surface area contributed by atoms with Gasteiger partial charge in [0.15, 0.2) is 0 Å². The molecule has 1 saturated heterocycles. The van der Waals surface area contributed by atoms with Crippen LogP contribution in [0, 0.1) is 5.92 Å². The van der Waals surface area contributed by atoms with Gasteiger partial charge in [-0.3, -0.25) is 9.69 Å². The summed E-state index contributed by atoms with van der Waals surface area (Å²) in [6.45, 7) is 5.54. The fraction of sp³-hybridized carbons (Fsp3) is 0.688.